The normalized spacial score (nSPS) is 22.9. The van der Waals surface area contributed by atoms with Crippen LogP contribution in [0.25, 0.3) is 0 Å². The van der Waals surface area contributed by atoms with Crippen LogP contribution in [0.1, 0.15) is 37.8 Å². The molecule has 0 spiro atoms. The van der Waals surface area contributed by atoms with E-state index in [1.807, 2.05) is 0 Å². The van der Waals surface area contributed by atoms with Crippen LogP contribution in [0.15, 0.2) is 30.3 Å². The molecule has 1 aromatic rings. The Morgan fingerprint density at radius 2 is 2.11 bits per heavy atom. The Balaban J connectivity index is 2.09. The average Bonchev–Trinajstić information content (AvgIpc) is 2.46. The molecule has 1 saturated heterocycles. The molecule has 2 rings (SSSR count). The lowest BCUT2D eigenvalue weighted by Gasteiger charge is -2.38. The highest BCUT2D eigenvalue weighted by Crippen LogP contribution is 2.27. The maximum absolute atomic E-state index is 3.35. The fraction of sp³-hybridized carbons (Fsp3) is 0.625. The summed E-state index contributed by atoms with van der Waals surface area (Å²) in [7, 11) is 2.05. The summed E-state index contributed by atoms with van der Waals surface area (Å²) >= 11 is 0. The second-order valence-electron chi connectivity index (χ2n) is 5.40. The molecule has 0 saturated carbocycles. The van der Waals surface area contributed by atoms with Crippen molar-refractivity contribution in [3.05, 3.63) is 35.9 Å². The molecule has 0 amide bonds. The molecule has 2 nitrogen and oxygen atoms in total. The molecule has 1 fully saturated rings. The number of nitrogens with zero attached hydrogens (tertiary/aromatic N) is 1. The predicted molar refractivity (Wildman–Crippen MR) is 77.7 cm³/mol. The Hall–Kier alpha value is -0.860. The van der Waals surface area contributed by atoms with Crippen molar-refractivity contribution < 1.29 is 0 Å². The van der Waals surface area contributed by atoms with Gasteiger partial charge in [0.2, 0.25) is 0 Å². The van der Waals surface area contributed by atoms with Gasteiger partial charge in [-0.2, -0.15) is 0 Å². The van der Waals surface area contributed by atoms with Crippen molar-refractivity contribution in [2.75, 3.05) is 26.7 Å². The Morgan fingerprint density at radius 1 is 1.33 bits per heavy atom. The molecule has 1 aromatic carbocycles. The van der Waals surface area contributed by atoms with Crippen LogP contribution in [-0.2, 0) is 0 Å². The second-order valence-corrected chi connectivity index (χ2v) is 5.40. The minimum Gasteiger partial charge on any atom is -0.318 e. The first-order chi connectivity index (χ1) is 8.85. The zero-order valence-electron chi connectivity index (χ0n) is 11.7. The molecule has 2 heteroatoms. The zero-order chi connectivity index (χ0) is 12.8. The lowest BCUT2D eigenvalue weighted by molar-refractivity contribution is 0.120. The van der Waals surface area contributed by atoms with Gasteiger partial charge in [-0.05, 0) is 37.9 Å². The maximum Gasteiger partial charge on any atom is 0.0472 e. The van der Waals surface area contributed by atoms with E-state index in [4.69, 9.17) is 0 Å². The van der Waals surface area contributed by atoms with Gasteiger partial charge in [-0.15, -0.1) is 0 Å². The van der Waals surface area contributed by atoms with Crippen LogP contribution in [0.2, 0.25) is 0 Å². The summed E-state index contributed by atoms with van der Waals surface area (Å²) in [6.07, 6.45) is 4.08. The minimum atomic E-state index is 0.533. The Morgan fingerprint density at radius 3 is 2.78 bits per heavy atom. The lowest BCUT2D eigenvalue weighted by atomic mass is 9.93. The van der Waals surface area contributed by atoms with E-state index in [1.165, 1.54) is 37.9 Å². The van der Waals surface area contributed by atoms with Crippen LogP contribution < -0.4 is 5.32 Å². The molecular weight excluding hydrogens is 220 g/mol. The van der Waals surface area contributed by atoms with E-state index in [0.29, 0.717) is 6.04 Å². The Bertz CT molecular complexity index is 336. The van der Waals surface area contributed by atoms with Gasteiger partial charge >= 0.3 is 0 Å². The summed E-state index contributed by atoms with van der Waals surface area (Å²) in [6.45, 7) is 5.87. The standard InChI is InChI=1S/C16H26N2/c1-3-14-8-7-11-18(13-14)16(12-17-2)15-9-5-4-6-10-15/h4-6,9-10,14,16-17H,3,7-8,11-13H2,1-2H3. The number of benzene rings is 1. The third-order valence-corrected chi connectivity index (χ3v) is 4.15. The second kappa shape index (κ2) is 6.91. The van der Waals surface area contributed by atoms with Crippen molar-refractivity contribution in [2.45, 2.75) is 32.2 Å². The molecule has 1 aliphatic rings. The lowest BCUT2D eigenvalue weighted by Crippen LogP contribution is -2.41. The van der Waals surface area contributed by atoms with E-state index in [0.717, 1.165) is 12.5 Å². The average molecular weight is 246 g/mol. The van der Waals surface area contributed by atoms with Gasteiger partial charge in [0.15, 0.2) is 0 Å². The number of nitrogens with one attached hydrogen (secondary N) is 1. The van der Waals surface area contributed by atoms with Crippen LogP contribution in [0.3, 0.4) is 0 Å². The van der Waals surface area contributed by atoms with Crippen LogP contribution in [0, 0.1) is 5.92 Å². The van der Waals surface area contributed by atoms with Crippen molar-refractivity contribution in [1.82, 2.24) is 10.2 Å². The summed E-state index contributed by atoms with van der Waals surface area (Å²) in [5.74, 6) is 0.891. The monoisotopic (exact) mass is 246 g/mol. The topological polar surface area (TPSA) is 15.3 Å². The van der Waals surface area contributed by atoms with Gasteiger partial charge in [-0.3, -0.25) is 4.90 Å². The Kier molecular flexibility index (Phi) is 5.21. The van der Waals surface area contributed by atoms with Crippen LogP contribution in [-0.4, -0.2) is 31.6 Å². The number of likely N-dealkylation sites (tertiary alicyclic amines) is 1. The zero-order valence-corrected chi connectivity index (χ0v) is 11.7. The molecule has 1 N–H and O–H groups in total. The van der Waals surface area contributed by atoms with Crippen molar-refractivity contribution in [1.29, 1.82) is 0 Å². The molecule has 2 atom stereocenters. The molecular formula is C16H26N2. The highest BCUT2D eigenvalue weighted by molar-refractivity contribution is 5.19. The third-order valence-electron chi connectivity index (χ3n) is 4.15. The molecule has 1 heterocycles. The van der Waals surface area contributed by atoms with E-state index in [2.05, 4.69) is 54.5 Å². The number of hydrogen-bond donors (Lipinski definition) is 1. The fourth-order valence-corrected chi connectivity index (χ4v) is 3.04. The molecule has 0 bridgehead atoms. The third kappa shape index (κ3) is 3.33. The van der Waals surface area contributed by atoms with Gasteiger partial charge in [-0.1, -0.05) is 43.7 Å². The largest absolute Gasteiger partial charge is 0.318 e. The van der Waals surface area contributed by atoms with Crippen LogP contribution in [0.5, 0.6) is 0 Å². The summed E-state index contributed by atoms with van der Waals surface area (Å²) in [5.41, 5.74) is 1.45. The first kappa shape index (κ1) is 13.6. The van der Waals surface area contributed by atoms with Gasteiger partial charge in [0.05, 0.1) is 0 Å². The molecule has 1 aliphatic heterocycles. The quantitative estimate of drug-likeness (QED) is 0.859. The molecule has 2 unspecified atom stereocenters. The van der Waals surface area contributed by atoms with E-state index >= 15 is 0 Å². The fourth-order valence-electron chi connectivity index (χ4n) is 3.04. The number of piperidine rings is 1. The molecule has 0 aromatic heterocycles. The van der Waals surface area contributed by atoms with E-state index in [-0.39, 0.29) is 0 Å². The highest BCUT2D eigenvalue weighted by Gasteiger charge is 2.25. The van der Waals surface area contributed by atoms with Gasteiger partial charge in [0.25, 0.3) is 0 Å². The summed E-state index contributed by atoms with van der Waals surface area (Å²) in [5, 5.41) is 3.35. The van der Waals surface area contributed by atoms with Gasteiger partial charge in [-0.25, -0.2) is 0 Å². The molecule has 18 heavy (non-hydrogen) atoms. The van der Waals surface area contributed by atoms with Crippen molar-refractivity contribution in [2.24, 2.45) is 5.92 Å². The summed E-state index contributed by atoms with van der Waals surface area (Å²) in [4.78, 5) is 2.67. The maximum atomic E-state index is 3.35. The van der Waals surface area contributed by atoms with Gasteiger partial charge in [0, 0.05) is 19.1 Å². The van der Waals surface area contributed by atoms with Crippen molar-refractivity contribution >= 4 is 0 Å². The number of hydrogen-bond acceptors (Lipinski definition) is 2. The SMILES string of the molecule is CCC1CCCN(C(CNC)c2ccccc2)C1. The number of rotatable bonds is 5. The van der Waals surface area contributed by atoms with Gasteiger partial charge in [0.1, 0.15) is 0 Å². The molecule has 0 radical (unpaired) electrons. The predicted octanol–water partition coefficient (Wildman–Crippen LogP) is 3.07. The van der Waals surface area contributed by atoms with Crippen molar-refractivity contribution in [3.8, 4) is 0 Å². The van der Waals surface area contributed by atoms with E-state index in [1.54, 1.807) is 0 Å². The first-order valence-corrected chi connectivity index (χ1v) is 7.28. The van der Waals surface area contributed by atoms with Crippen LogP contribution >= 0.6 is 0 Å². The summed E-state index contributed by atoms with van der Waals surface area (Å²) < 4.78 is 0. The summed E-state index contributed by atoms with van der Waals surface area (Å²) in [6, 6.07) is 11.5. The van der Waals surface area contributed by atoms with E-state index in [9.17, 15) is 0 Å². The highest BCUT2D eigenvalue weighted by atomic mass is 15.2. The van der Waals surface area contributed by atoms with E-state index < -0.39 is 0 Å². The smallest absolute Gasteiger partial charge is 0.0472 e. The van der Waals surface area contributed by atoms with Crippen LogP contribution in [0.4, 0.5) is 0 Å². The first-order valence-electron chi connectivity index (χ1n) is 7.28. The minimum absolute atomic E-state index is 0.533. The van der Waals surface area contributed by atoms with Crippen molar-refractivity contribution in [3.63, 3.8) is 0 Å². The Labute approximate surface area is 111 Å². The number of likely N-dealkylation sites (N-methyl/N-ethyl adjacent to an activating group) is 1. The van der Waals surface area contributed by atoms with Gasteiger partial charge < -0.3 is 5.32 Å². The molecule has 100 valence electrons. The molecule has 0 aliphatic carbocycles.